The van der Waals surface area contributed by atoms with Crippen molar-refractivity contribution in [1.29, 1.82) is 0 Å². The standard InChI is InChI=1S/C19H16N2OS/c22-18(20-12-13-4-2-1-3-5-13)14-6-7-17-16(10-14)11-15-8-9-23-19(15)21-17/h1-7,10-11H,8-9,12H2,(H,20,22). The van der Waals surface area contributed by atoms with Crippen LogP contribution in [0.1, 0.15) is 21.5 Å². The molecule has 0 atom stereocenters. The van der Waals surface area contributed by atoms with Crippen LogP contribution < -0.4 is 5.32 Å². The molecule has 3 aromatic rings. The Labute approximate surface area is 139 Å². The highest BCUT2D eigenvalue weighted by Crippen LogP contribution is 2.32. The summed E-state index contributed by atoms with van der Waals surface area (Å²) in [6, 6.07) is 17.8. The van der Waals surface area contributed by atoms with Gasteiger partial charge < -0.3 is 5.32 Å². The van der Waals surface area contributed by atoms with Crippen molar-refractivity contribution in [3.8, 4) is 0 Å². The van der Waals surface area contributed by atoms with Crippen LogP contribution in [-0.4, -0.2) is 16.6 Å². The third-order valence-corrected chi connectivity index (χ3v) is 5.06. The van der Waals surface area contributed by atoms with Crippen LogP contribution in [0.25, 0.3) is 10.9 Å². The van der Waals surface area contributed by atoms with Crippen LogP contribution >= 0.6 is 11.8 Å². The Morgan fingerprint density at radius 2 is 2.00 bits per heavy atom. The van der Waals surface area contributed by atoms with Gasteiger partial charge in [-0.05, 0) is 41.8 Å². The molecule has 0 saturated heterocycles. The second-order valence-corrected chi connectivity index (χ2v) is 6.71. The lowest BCUT2D eigenvalue weighted by atomic mass is 10.1. The Balaban J connectivity index is 1.56. The van der Waals surface area contributed by atoms with Crippen molar-refractivity contribution in [3.63, 3.8) is 0 Å². The summed E-state index contributed by atoms with van der Waals surface area (Å²) in [4.78, 5) is 17.0. The first-order valence-corrected chi connectivity index (χ1v) is 8.67. The normalized spacial score (nSPS) is 13.0. The fraction of sp³-hybridized carbons (Fsp3) is 0.158. The first-order chi connectivity index (χ1) is 11.3. The molecule has 4 rings (SSSR count). The van der Waals surface area contributed by atoms with E-state index in [1.54, 1.807) is 0 Å². The molecule has 23 heavy (non-hydrogen) atoms. The first kappa shape index (κ1) is 14.3. The predicted octanol–water partition coefficient (Wildman–Crippen LogP) is 3.81. The van der Waals surface area contributed by atoms with Gasteiger partial charge in [-0.25, -0.2) is 4.98 Å². The number of fused-ring (bicyclic) bond motifs is 2. The molecule has 0 spiro atoms. The number of nitrogens with zero attached hydrogens (tertiary/aromatic N) is 1. The molecule has 1 aliphatic heterocycles. The summed E-state index contributed by atoms with van der Waals surface area (Å²) in [5.74, 6) is 1.05. The van der Waals surface area contributed by atoms with Crippen molar-refractivity contribution >= 4 is 28.6 Å². The van der Waals surface area contributed by atoms with Gasteiger partial charge in [0.05, 0.1) is 10.5 Å². The fourth-order valence-corrected chi connectivity index (χ4v) is 3.81. The van der Waals surface area contributed by atoms with Gasteiger partial charge in [-0.3, -0.25) is 4.79 Å². The van der Waals surface area contributed by atoms with E-state index in [1.807, 2.05) is 60.3 Å². The van der Waals surface area contributed by atoms with E-state index in [0.717, 1.165) is 33.7 Å². The molecule has 0 aliphatic carbocycles. The molecule has 0 radical (unpaired) electrons. The molecule has 0 unspecified atom stereocenters. The van der Waals surface area contributed by atoms with Crippen LogP contribution in [0.15, 0.2) is 59.6 Å². The summed E-state index contributed by atoms with van der Waals surface area (Å²) in [6.07, 6.45) is 1.06. The van der Waals surface area contributed by atoms with Gasteiger partial charge >= 0.3 is 0 Å². The molecule has 0 bridgehead atoms. The van der Waals surface area contributed by atoms with E-state index in [-0.39, 0.29) is 5.91 Å². The monoisotopic (exact) mass is 320 g/mol. The average molecular weight is 320 g/mol. The highest BCUT2D eigenvalue weighted by atomic mass is 32.2. The number of aryl methyl sites for hydroxylation is 1. The third-order valence-electron chi connectivity index (χ3n) is 4.02. The third kappa shape index (κ3) is 2.94. The molecular weight excluding hydrogens is 304 g/mol. The second kappa shape index (κ2) is 6.05. The number of carbonyl (C=O) groups excluding carboxylic acids is 1. The van der Waals surface area contributed by atoms with Gasteiger partial charge in [0.25, 0.3) is 5.91 Å². The van der Waals surface area contributed by atoms with Crippen LogP contribution in [-0.2, 0) is 13.0 Å². The van der Waals surface area contributed by atoms with E-state index in [1.165, 1.54) is 5.56 Å². The van der Waals surface area contributed by atoms with E-state index in [0.29, 0.717) is 12.1 Å². The maximum Gasteiger partial charge on any atom is 0.251 e. The lowest BCUT2D eigenvalue weighted by Crippen LogP contribution is -2.22. The number of amides is 1. The summed E-state index contributed by atoms with van der Waals surface area (Å²) >= 11 is 1.81. The van der Waals surface area contributed by atoms with E-state index < -0.39 is 0 Å². The van der Waals surface area contributed by atoms with Crippen molar-refractivity contribution < 1.29 is 4.79 Å². The van der Waals surface area contributed by atoms with Crippen molar-refractivity contribution in [1.82, 2.24) is 10.3 Å². The van der Waals surface area contributed by atoms with Gasteiger partial charge in [0.1, 0.15) is 0 Å². The topological polar surface area (TPSA) is 42.0 Å². The zero-order chi connectivity index (χ0) is 15.6. The summed E-state index contributed by atoms with van der Waals surface area (Å²) in [7, 11) is 0. The summed E-state index contributed by atoms with van der Waals surface area (Å²) in [5.41, 5.74) is 4.03. The van der Waals surface area contributed by atoms with Gasteiger partial charge in [0.15, 0.2) is 0 Å². The van der Waals surface area contributed by atoms with Crippen molar-refractivity contribution in [2.75, 3.05) is 5.75 Å². The Morgan fingerprint density at radius 3 is 2.87 bits per heavy atom. The molecule has 3 nitrogen and oxygen atoms in total. The Morgan fingerprint density at radius 1 is 1.13 bits per heavy atom. The van der Waals surface area contributed by atoms with Crippen molar-refractivity contribution in [3.05, 3.63) is 71.3 Å². The highest BCUT2D eigenvalue weighted by Gasteiger charge is 2.15. The summed E-state index contributed by atoms with van der Waals surface area (Å²) in [5, 5.41) is 5.15. The predicted molar refractivity (Wildman–Crippen MR) is 93.8 cm³/mol. The zero-order valence-corrected chi connectivity index (χ0v) is 13.4. The molecule has 4 heteroatoms. The number of aromatic nitrogens is 1. The molecule has 1 amide bonds. The molecule has 1 aromatic heterocycles. The van der Waals surface area contributed by atoms with Gasteiger partial charge in [-0.2, -0.15) is 0 Å². The van der Waals surface area contributed by atoms with Gasteiger partial charge in [0, 0.05) is 23.2 Å². The minimum absolute atomic E-state index is 0.0503. The average Bonchev–Trinajstić information content (AvgIpc) is 3.05. The number of hydrogen-bond donors (Lipinski definition) is 1. The van der Waals surface area contributed by atoms with Gasteiger partial charge in [0.2, 0.25) is 0 Å². The molecule has 2 aromatic carbocycles. The number of rotatable bonds is 3. The van der Waals surface area contributed by atoms with Crippen LogP contribution in [0, 0.1) is 0 Å². The quantitative estimate of drug-likeness (QED) is 0.798. The fourth-order valence-electron chi connectivity index (χ4n) is 2.79. The Kier molecular flexibility index (Phi) is 3.75. The Hall–Kier alpha value is -2.33. The minimum Gasteiger partial charge on any atom is -0.348 e. The van der Waals surface area contributed by atoms with Gasteiger partial charge in [-0.15, -0.1) is 11.8 Å². The van der Waals surface area contributed by atoms with Crippen LogP contribution in [0.3, 0.4) is 0 Å². The zero-order valence-electron chi connectivity index (χ0n) is 12.6. The highest BCUT2D eigenvalue weighted by molar-refractivity contribution is 7.99. The number of nitrogens with one attached hydrogen (secondary N) is 1. The minimum atomic E-state index is -0.0503. The molecule has 0 fully saturated rings. The lowest BCUT2D eigenvalue weighted by molar-refractivity contribution is 0.0951. The van der Waals surface area contributed by atoms with Crippen LogP contribution in [0.2, 0.25) is 0 Å². The van der Waals surface area contributed by atoms with Crippen molar-refractivity contribution in [2.45, 2.75) is 18.0 Å². The molecule has 0 saturated carbocycles. The van der Waals surface area contributed by atoms with E-state index in [9.17, 15) is 4.79 Å². The van der Waals surface area contributed by atoms with Crippen LogP contribution in [0.4, 0.5) is 0 Å². The summed E-state index contributed by atoms with van der Waals surface area (Å²) < 4.78 is 0. The maximum atomic E-state index is 12.4. The van der Waals surface area contributed by atoms with E-state index in [4.69, 9.17) is 0 Å². The molecule has 114 valence electrons. The molecule has 2 heterocycles. The first-order valence-electron chi connectivity index (χ1n) is 7.68. The molecule has 1 aliphatic rings. The SMILES string of the molecule is O=C(NCc1ccccc1)c1ccc2nc3c(cc2c1)CCS3. The van der Waals surface area contributed by atoms with Crippen molar-refractivity contribution in [2.24, 2.45) is 0 Å². The number of hydrogen-bond acceptors (Lipinski definition) is 3. The Bertz CT molecular complexity index is 877. The number of benzene rings is 2. The van der Waals surface area contributed by atoms with Gasteiger partial charge in [-0.1, -0.05) is 30.3 Å². The number of pyridine rings is 1. The number of thioether (sulfide) groups is 1. The second-order valence-electron chi connectivity index (χ2n) is 5.63. The lowest BCUT2D eigenvalue weighted by Gasteiger charge is -2.07. The largest absolute Gasteiger partial charge is 0.348 e. The molecular formula is C19H16N2OS. The van der Waals surface area contributed by atoms with E-state index in [2.05, 4.69) is 16.4 Å². The molecule has 1 N–H and O–H groups in total. The smallest absolute Gasteiger partial charge is 0.251 e. The number of carbonyl (C=O) groups is 1. The summed E-state index contributed by atoms with van der Waals surface area (Å²) in [6.45, 7) is 0.538. The van der Waals surface area contributed by atoms with Crippen LogP contribution in [0.5, 0.6) is 0 Å². The van der Waals surface area contributed by atoms with E-state index >= 15 is 0 Å². The maximum absolute atomic E-state index is 12.4.